The highest BCUT2D eigenvalue weighted by Crippen LogP contribution is 2.33. The van der Waals surface area contributed by atoms with Gasteiger partial charge in [-0.1, -0.05) is 49.7 Å². The van der Waals surface area contributed by atoms with Crippen molar-refractivity contribution >= 4 is 27.4 Å². The van der Waals surface area contributed by atoms with Crippen molar-refractivity contribution in [2.45, 2.75) is 38.0 Å². The SMILES string of the molecule is CC(C)C1=C(O)CC(Cc2cccc(CCNS(=O)(=O)c3ccc(Cl)cc3)c2)C1=O. The second-order valence-electron chi connectivity index (χ2n) is 7.91. The standard InChI is InChI=1S/C23H26ClNO4S/c1-15(2)22-21(26)14-18(23(22)27)13-17-5-3-4-16(12-17)10-11-25-30(28,29)20-8-6-19(24)7-9-20/h3-9,12,15,18,25-26H,10-11,13-14H2,1-2H3. The summed E-state index contributed by atoms with van der Waals surface area (Å²) in [5, 5.41) is 10.6. The smallest absolute Gasteiger partial charge is 0.240 e. The fourth-order valence-corrected chi connectivity index (χ4v) is 4.96. The molecule has 30 heavy (non-hydrogen) atoms. The number of Topliss-reactive ketones (excluding diaryl/α,β-unsaturated/α-hetero) is 1. The summed E-state index contributed by atoms with van der Waals surface area (Å²) < 4.78 is 27.3. The van der Waals surface area contributed by atoms with Gasteiger partial charge in [0.25, 0.3) is 0 Å². The Balaban J connectivity index is 1.59. The van der Waals surface area contributed by atoms with Crippen molar-refractivity contribution in [2.75, 3.05) is 6.54 Å². The number of nitrogens with one attached hydrogen (secondary N) is 1. The predicted octanol–water partition coefficient (Wildman–Crippen LogP) is 4.46. The molecule has 7 heteroatoms. The van der Waals surface area contributed by atoms with Crippen LogP contribution in [0.2, 0.25) is 5.02 Å². The maximum atomic E-state index is 12.6. The summed E-state index contributed by atoms with van der Waals surface area (Å²) in [6, 6.07) is 13.8. The molecule has 1 unspecified atom stereocenters. The third kappa shape index (κ3) is 5.31. The van der Waals surface area contributed by atoms with Gasteiger partial charge in [-0.15, -0.1) is 0 Å². The van der Waals surface area contributed by atoms with E-state index in [4.69, 9.17) is 11.6 Å². The molecule has 0 heterocycles. The molecule has 5 nitrogen and oxygen atoms in total. The van der Waals surface area contributed by atoms with Crippen molar-refractivity contribution in [3.8, 4) is 0 Å². The van der Waals surface area contributed by atoms with E-state index in [1.165, 1.54) is 12.1 Å². The van der Waals surface area contributed by atoms with Crippen molar-refractivity contribution in [3.63, 3.8) is 0 Å². The highest BCUT2D eigenvalue weighted by molar-refractivity contribution is 7.89. The van der Waals surface area contributed by atoms with Crippen molar-refractivity contribution in [1.29, 1.82) is 0 Å². The first kappa shape index (κ1) is 22.5. The Kier molecular flexibility index (Phi) is 7.01. The van der Waals surface area contributed by atoms with Crippen LogP contribution in [0, 0.1) is 11.8 Å². The van der Waals surface area contributed by atoms with Gasteiger partial charge in [-0.3, -0.25) is 4.79 Å². The molecule has 160 valence electrons. The molecule has 0 fully saturated rings. The average molecular weight is 448 g/mol. The molecule has 0 aliphatic heterocycles. The number of allylic oxidation sites excluding steroid dienone is 2. The van der Waals surface area contributed by atoms with Crippen LogP contribution < -0.4 is 4.72 Å². The van der Waals surface area contributed by atoms with E-state index >= 15 is 0 Å². The lowest BCUT2D eigenvalue weighted by Crippen LogP contribution is -2.26. The summed E-state index contributed by atoms with van der Waals surface area (Å²) in [6.07, 6.45) is 1.47. The second-order valence-corrected chi connectivity index (χ2v) is 10.1. The van der Waals surface area contributed by atoms with Gasteiger partial charge >= 0.3 is 0 Å². The number of carbonyl (C=O) groups is 1. The van der Waals surface area contributed by atoms with Crippen LogP contribution in [0.3, 0.4) is 0 Å². The molecule has 2 aromatic carbocycles. The summed E-state index contributed by atoms with van der Waals surface area (Å²) in [7, 11) is -3.59. The van der Waals surface area contributed by atoms with Crippen LogP contribution in [0.15, 0.2) is 64.8 Å². The molecular formula is C23H26ClNO4S. The van der Waals surface area contributed by atoms with Crippen LogP contribution in [0.4, 0.5) is 0 Å². The summed E-state index contributed by atoms with van der Waals surface area (Å²) in [5.41, 5.74) is 2.54. The van der Waals surface area contributed by atoms with Crippen LogP contribution >= 0.6 is 11.6 Å². The van der Waals surface area contributed by atoms with Crippen molar-refractivity contribution < 1.29 is 18.3 Å². The maximum absolute atomic E-state index is 12.6. The number of benzene rings is 2. The van der Waals surface area contributed by atoms with E-state index in [9.17, 15) is 18.3 Å². The molecule has 2 N–H and O–H groups in total. The lowest BCUT2D eigenvalue weighted by atomic mass is 9.91. The number of ketones is 1. The minimum Gasteiger partial charge on any atom is -0.512 e. The number of hydrogen-bond donors (Lipinski definition) is 2. The van der Waals surface area contributed by atoms with E-state index in [1.54, 1.807) is 12.1 Å². The van der Waals surface area contributed by atoms with Gasteiger partial charge in [0.1, 0.15) is 0 Å². The van der Waals surface area contributed by atoms with Gasteiger partial charge in [0.2, 0.25) is 10.0 Å². The molecule has 0 bridgehead atoms. The van der Waals surface area contributed by atoms with E-state index in [0.717, 1.165) is 11.1 Å². The van der Waals surface area contributed by atoms with Crippen molar-refractivity contribution in [3.05, 3.63) is 76.0 Å². The Labute approximate surface area is 182 Å². The Morgan fingerprint density at radius 2 is 1.80 bits per heavy atom. The zero-order valence-corrected chi connectivity index (χ0v) is 18.6. The first-order valence-corrected chi connectivity index (χ1v) is 11.8. The number of aliphatic hydroxyl groups is 1. The fourth-order valence-electron chi connectivity index (χ4n) is 3.80. The number of rotatable bonds is 8. The van der Waals surface area contributed by atoms with Crippen LogP contribution in [0.5, 0.6) is 0 Å². The normalized spacial score (nSPS) is 17.2. The van der Waals surface area contributed by atoms with E-state index < -0.39 is 10.0 Å². The van der Waals surface area contributed by atoms with Gasteiger partial charge in [-0.25, -0.2) is 13.1 Å². The number of carbonyl (C=O) groups excluding carboxylic acids is 1. The van der Waals surface area contributed by atoms with E-state index in [2.05, 4.69) is 4.72 Å². The second kappa shape index (κ2) is 9.33. The predicted molar refractivity (Wildman–Crippen MR) is 118 cm³/mol. The fraction of sp³-hybridized carbons (Fsp3) is 0.348. The minimum absolute atomic E-state index is 0.0162. The quantitative estimate of drug-likeness (QED) is 0.625. The van der Waals surface area contributed by atoms with Gasteiger partial charge in [-0.2, -0.15) is 0 Å². The molecule has 0 saturated carbocycles. The van der Waals surface area contributed by atoms with E-state index in [1.807, 2.05) is 38.1 Å². The highest BCUT2D eigenvalue weighted by atomic mass is 35.5. The van der Waals surface area contributed by atoms with Crippen LogP contribution in [0.25, 0.3) is 0 Å². The van der Waals surface area contributed by atoms with Crippen LogP contribution in [-0.4, -0.2) is 25.9 Å². The molecular weight excluding hydrogens is 422 g/mol. The largest absolute Gasteiger partial charge is 0.512 e. The molecule has 0 spiro atoms. The molecule has 1 aliphatic carbocycles. The van der Waals surface area contributed by atoms with Gasteiger partial charge in [0, 0.05) is 29.5 Å². The third-order valence-electron chi connectivity index (χ3n) is 5.27. The molecule has 0 aromatic heterocycles. The van der Waals surface area contributed by atoms with Crippen molar-refractivity contribution in [2.24, 2.45) is 11.8 Å². The zero-order valence-electron chi connectivity index (χ0n) is 17.1. The topological polar surface area (TPSA) is 83.5 Å². The Morgan fingerprint density at radius 3 is 2.43 bits per heavy atom. The minimum atomic E-state index is -3.59. The molecule has 0 saturated heterocycles. The molecule has 1 aliphatic rings. The average Bonchev–Trinajstić information content (AvgIpc) is 2.95. The first-order chi connectivity index (χ1) is 14.2. The van der Waals surface area contributed by atoms with Gasteiger partial charge in [-0.05, 0) is 54.2 Å². The summed E-state index contributed by atoms with van der Waals surface area (Å²) >= 11 is 5.81. The van der Waals surface area contributed by atoms with E-state index in [0.29, 0.717) is 29.9 Å². The monoisotopic (exact) mass is 447 g/mol. The number of sulfonamides is 1. The lowest BCUT2D eigenvalue weighted by molar-refractivity contribution is -0.118. The molecule has 2 aromatic rings. The number of halogens is 1. The molecule has 1 atom stereocenters. The number of hydrogen-bond acceptors (Lipinski definition) is 4. The Hall–Kier alpha value is -2.15. The molecule has 3 rings (SSSR count). The molecule has 0 amide bonds. The lowest BCUT2D eigenvalue weighted by Gasteiger charge is -2.12. The Bertz CT molecular complexity index is 1060. The summed E-state index contributed by atoms with van der Waals surface area (Å²) in [4.78, 5) is 12.8. The molecule has 0 radical (unpaired) electrons. The first-order valence-electron chi connectivity index (χ1n) is 9.96. The number of aliphatic hydroxyl groups excluding tert-OH is 1. The Morgan fingerprint density at radius 1 is 1.13 bits per heavy atom. The highest BCUT2D eigenvalue weighted by Gasteiger charge is 2.34. The summed E-state index contributed by atoms with van der Waals surface area (Å²) in [6.45, 7) is 4.09. The third-order valence-corrected chi connectivity index (χ3v) is 7.00. The van der Waals surface area contributed by atoms with E-state index in [-0.39, 0.29) is 34.8 Å². The zero-order chi connectivity index (χ0) is 21.9. The maximum Gasteiger partial charge on any atom is 0.240 e. The van der Waals surface area contributed by atoms with Gasteiger partial charge in [0.15, 0.2) is 5.78 Å². The van der Waals surface area contributed by atoms with Crippen LogP contribution in [-0.2, 0) is 27.7 Å². The summed E-state index contributed by atoms with van der Waals surface area (Å²) in [5.74, 6) is 0.0277. The van der Waals surface area contributed by atoms with Gasteiger partial charge < -0.3 is 5.11 Å². The van der Waals surface area contributed by atoms with Crippen LogP contribution in [0.1, 0.15) is 31.4 Å². The van der Waals surface area contributed by atoms with Crippen molar-refractivity contribution in [1.82, 2.24) is 4.72 Å². The van der Waals surface area contributed by atoms with Gasteiger partial charge in [0.05, 0.1) is 10.7 Å².